The molecule has 0 aliphatic carbocycles. The number of aryl methyl sites for hydroxylation is 3. The van der Waals surface area contributed by atoms with Gasteiger partial charge in [0.15, 0.2) is 5.82 Å². The first kappa shape index (κ1) is 21.2. The fraction of sp³-hybridized carbons (Fsp3) is 0.111. The van der Waals surface area contributed by atoms with Gasteiger partial charge in [0, 0.05) is 13.2 Å². The Balaban J connectivity index is 1.77. The van der Waals surface area contributed by atoms with Crippen molar-refractivity contribution in [1.82, 2.24) is 18.9 Å². The second kappa shape index (κ2) is 8.34. The Hall–Kier alpha value is -4.70. The molecule has 0 saturated heterocycles. The monoisotopic (exact) mass is 447 g/mol. The van der Waals surface area contributed by atoms with Crippen LogP contribution in [0.3, 0.4) is 0 Å². The van der Waals surface area contributed by atoms with Gasteiger partial charge >= 0.3 is 0 Å². The van der Waals surface area contributed by atoms with Crippen LogP contribution in [-0.2, 0) is 7.05 Å². The number of benzene rings is 2. The number of pyridine rings is 1. The van der Waals surface area contributed by atoms with Crippen molar-refractivity contribution in [3.05, 3.63) is 99.7 Å². The van der Waals surface area contributed by atoms with E-state index in [0.29, 0.717) is 17.2 Å². The third-order valence-corrected chi connectivity index (χ3v) is 5.79. The van der Waals surface area contributed by atoms with Crippen LogP contribution in [-0.4, -0.2) is 18.9 Å². The van der Waals surface area contributed by atoms with Crippen molar-refractivity contribution in [2.45, 2.75) is 13.8 Å². The molecule has 2 aromatic carbocycles. The van der Waals surface area contributed by atoms with Crippen LogP contribution in [0.4, 0.5) is 0 Å². The lowest BCUT2D eigenvalue weighted by Gasteiger charge is -2.12. The molecule has 0 aliphatic heterocycles. The summed E-state index contributed by atoms with van der Waals surface area (Å²) >= 11 is 0. The van der Waals surface area contributed by atoms with Gasteiger partial charge < -0.3 is 9.30 Å². The molecule has 0 atom stereocenters. The third kappa shape index (κ3) is 3.51. The number of hydrogen-bond acceptors (Lipinski definition) is 5. The highest BCUT2D eigenvalue weighted by Gasteiger charge is 2.19. The highest BCUT2D eigenvalue weighted by atomic mass is 16.5. The number of ether oxygens (including phenoxy) is 1. The summed E-state index contributed by atoms with van der Waals surface area (Å²) in [5.41, 5.74) is 3.97. The maximum atomic E-state index is 13.6. The molecule has 5 rings (SSSR count). The first-order valence-corrected chi connectivity index (χ1v) is 10.8. The Morgan fingerprint density at radius 1 is 1.00 bits per heavy atom. The van der Waals surface area contributed by atoms with Crippen molar-refractivity contribution in [1.29, 1.82) is 5.26 Å². The van der Waals surface area contributed by atoms with E-state index in [-0.39, 0.29) is 22.6 Å². The normalized spacial score (nSPS) is 11.6. The quantitative estimate of drug-likeness (QED) is 0.360. The summed E-state index contributed by atoms with van der Waals surface area (Å²) in [4.78, 5) is 22.9. The predicted molar refractivity (Wildman–Crippen MR) is 132 cm³/mol. The molecule has 0 bridgehead atoms. The van der Waals surface area contributed by atoms with Crippen LogP contribution in [0.25, 0.3) is 28.3 Å². The van der Waals surface area contributed by atoms with Gasteiger partial charge in [-0.3, -0.25) is 9.20 Å². The maximum absolute atomic E-state index is 13.6. The zero-order chi connectivity index (χ0) is 23.8. The number of imidazole rings is 1. The topological polar surface area (TPSA) is 85.2 Å². The molecule has 0 aliphatic rings. The molecule has 166 valence electrons. The molecule has 0 unspecified atom stereocenters. The van der Waals surface area contributed by atoms with Crippen molar-refractivity contribution < 1.29 is 4.74 Å². The standard InChI is InChI=1S/C27H21N5O2/c1-17-9-4-7-13-23(17)34-26-20(27(33)32-14-8-10-18(2)24(32)30-26)15-19(16-28)25-29-21-11-5-6-12-22(21)31(25)3/h4-15H,1-3H3. The van der Waals surface area contributed by atoms with Gasteiger partial charge in [0.1, 0.15) is 23.0 Å². The highest BCUT2D eigenvalue weighted by Crippen LogP contribution is 2.29. The molecule has 3 heterocycles. The number of aromatic nitrogens is 4. The van der Waals surface area contributed by atoms with E-state index in [1.165, 1.54) is 10.5 Å². The number of fused-ring (bicyclic) bond motifs is 2. The van der Waals surface area contributed by atoms with E-state index < -0.39 is 0 Å². The molecular formula is C27H21N5O2. The Bertz CT molecular complexity index is 1700. The Kier molecular flexibility index (Phi) is 5.19. The average molecular weight is 447 g/mol. The molecule has 7 heteroatoms. The minimum atomic E-state index is -0.330. The van der Waals surface area contributed by atoms with E-state index in [1.54, 1.807) is 12.3 Å². The zero-order valence-corrected chi connectivity index (χ0v) is 19.0. The van der Waals surface area contributed by atoms with Crippen molar-refractivity contribution in [2.75, 3.05) is 0 Å². The minimum absolute atomic E-state index is 0.139. The molecule has 7 nitrogen and oxygen atoms in total. The van der Waals surface area contributed by atoms with E-state index in [2.05, 4.69) is 16.0 Å². The minimum Gasteiger partial charge on any atom is -0.438 e. The van der Waals surface area contributed by atoms with Gasteiger partial charge in [0.2, 0.25) is 5.88 Å². The lowest BCUT2D eigenvalue weighted by atomic mass is 10.1. The predicted octanol–water partition coefficient (Wildman–Crippen LogP) is 5.05. The summed E-state index contributed by atoms with van der Waals surface area (Å²) < 4.78 is 9.45. The smallest absolute Gasteiger partial charge is 0.269 e. The fourth-order valence-corrected chi connectivity index (χ4v) is 3.95. The van der Waals surface area contributed by atoms with Crippen LogP contribution in [0, 0.1) is 25.2 Å². The Labute approximate surface area is 195 Å². The second-order valence-electron chi connectivity index (χ2n) is 8.04. The molecular weight excluding hydrogens is 426 g/mol. The zero-order valence-electron chi connectivity index (χ0n) is 19.0. The fourth-order valence-electron chi connectivity index (χ4n) is 3.95. The molecule has 3 aromatic heterocycles. The summed E-state index contributed by atoms with van der Waals surface area (Å²) in [5, 5.41) is 10.0. The van der Waals surface area contributed by atoms with Crippen LogP contribution in [0.1, 0.15) is 22.5 Å². The summed E-state index contributed by atoms with van der Waals surface area (Å²) in [7, 11) is 1.84. The van der Waals surface area contributed by atoms with E-state index >= 15 is 0 Å². The van der Waals surface area contributed by atoms with Crippen LogP contribution < -0.4 is 10.3 Å². The molecule has 0 saturated carbocycles. The number of rotatable bonds is 4. The number of hydrogen-bond donors (Lipinski definition) is 0. The molecule has 0 spiro atoms. The van der Waals surface area contributed by atoms with Crippen LogP contribution >= 0.6 is 0 Å². The van der Waals surface area contributed by atoms with Gasteiger partial charge in [-0.25, -0.2) is 4.98 Å². The van der Waals surface area contributed by atoms with E-state index in [9.17, 15) is 10.1 Å². The SMILES string of the molecule is Cc1ccccc1Oc1nc2c(C)cccn2c(=O)c1C=C(C#N)c1nc2ccccc2n1C. The van der Waals surface area contributed by atoms with E-state index in [1.807, 2.05) is 80.1 Å². The van der Waals surface area contributed by atoms with Crippen molar-refractivity contribution in [3.8, 4) is 17.7 Å². The van der Waals surface area contributed by atoms with E-state index in [0.717, 1.165) is 22.2 Å². The second-order valence-corrected chi connectivity index (χ2v) is 8.04. The van der Waals surface area contributed by atoms with Gasteiger partial charge in [0.05, 0.1) is 16.6 Å². The third-order valence-electron chi connectivity index (χ3n) is 5.79. The number of para-hydroxylation sites is 3. The largest absolute Gasteiger partial charge is 0.438 e. The molecule has 0 N–H and O–H groups in total. The molecule has 0 radical (unpaired) electrons. The van der Waals surface area contributed by atoms with Crippen LogP contribution in [0.2, 0.25) is 0 Å². The van der Waals surface area contributed by atoms with Gasteiger partial charge in [0.25, 0.3) is 5.56 Å². The lowest BCUT2D eigenvalue weighted by Crippen LogP contribution is -2.19. The number of nitriles is 1. The molecule has 5 aromatic rings. The Morgan fingerprint density at radius 3 is 2.50 bits per heavy atom. The summed E-state index contributed by atoms with van der Waals surface area (Å²) in [6, 6.07) is 21.0. The summed E-state index contributed by atoms with van der Waals surface area (Å²) in [6.07, 6.45) is 3.17. The average Bonchev–Trinajstić information content (AvgIpc) is 3.17. The molecule has 0 amide bonds. The van der Waals surface area contributed by atoms with Crippen molar-refractivity contribution >= 4 is 28.3 Å². The first-order valence-electron chi connectivity index (χ1n) is 10.8. The number of allylic oxidation sites excluding steroid dienone is 1. The molecule has 0 fully saturated rings. The summed E-state index contributed by atoms with van der Waals surface area (Å²) in [5.74, 6) is 1.18. The van der Waals surface area contributed by atoms with E-state index in [4.69, 9.17) is 4.74 Å². The first-order chi connectivity index (χ1) is 16.5. The van der Waals surface area contributed by atoms with Gasteiger partial charge in [-0.2, -0.15) is 10.2 Å². The van der Waals surface area contributed by atoms with Gasteiger partial charge in [-0.15, -0.1) is 0 Å². The van der Waals surface area contributed by atoms with Crippen LogP contribution in [0.15, 0.2) is 71.7 Å². The van der Waals surface area contributed by atoms with Crippen LogP contribution in [0.5, 0.6) is 11.6 Å². The van der Waals surface area contributed by atoms with Gasteiger partial charge in [-0.1, -0.05) is 36.4 Å². The highest BCUT2D eigenvalue weighted by molar-refractivity contribution is 5.91. The number of nitrogens with zero attached hydrogens (tertiary/aromatic N) is 5. The lowest BCUT2D eigenvalue weighted by molar-refractivity contribution is 0.457. The molecule has 34 heavy (non-hydrogen) atoms. The van der Waals surface area contributed by atoms with Crippen molar-refractivity contribution in [3.63, 3.8) is 0 Å². The Morgan fingerprint density at radius 2 is 1.74 bits per heavy atom. The maximum Gasteiger partial charge on any atom is 0.269 e. The van der Waals surface area contributed by atoms with Crippen molar-refractivity contribution in [2.24, 2.45) is 7.05 Å². The summed E-state index contributed by atoms with van der Waals surface area (Å²) in [6.45, 7) is 3.80. The van der Waals surface area contributed by atoms with Gasteiger partial charge in [-0.05, 0) is 55.3 Å².